The van der Waals surface area contributed by atoms with Crippen molar-refractivity contribution in [3.05, 3.63) is 0 Å². The van der Waals surface area contributed by atoms with Crippen molar-refractivity contribution in [2.45, 2.75) is 38.8 Å². The van der Waals surface area contributed by atoms with Crippen LogP contribution in [0.3, 0.4) is 0 Å². The van der Waals surface area contributed by atoms with Crippen LogP contribution in [-0.2, 0) is 9.59 Å². The van der Waals surface area contributed by atoms with E-state index in [0.717, 1.165) is 6.42 Å². The minimum absolute atomic E-state index is 0.0300. The molecule has 1 atom stereocenters. The lowest BCUT2D eigenvalue weighted by Crippen LogP contribution is -2.51. The molecular weight excluding hydrogens is 294 g/mol. The van der Waals surface area contributed by atoms with Crippen LogP contribution in [0.15, 0.2) is 0 Å². The van der Waals surface area contributed by atoms with Crippen LogP contribution in [0.2, 0.25) is 0 Å². The van der Waals surface area contributed by atoms with E-state index < -0.39 is 12.0 Å². The van der Waals surface area contributed by atoms with Gasteiger partial charge in [0, 0.05) is 24.9 Å². The molecule has 21 heavy (non-hydrogen) atoms. The lowest BCUT2D eigenvalue weighted by Gasteiger charge is -2.25. The molecule has 7 nitrogen and oxygen atoms in total. The van der Waals surface area contributed by atoms with Crippen molar-refractivity contribution in [1.29, 1.82) is 0 Å². The number of likely N-dealkylation sites (tertiary alicyclic amines) is 1. The van der Waals surface area contributed by atoms with E-state index in [1.807, 2.05) is 13.8 Å². The fourth-order valence-electron chi connectivity index (χ4n) is 2.14. The zero-order valence-corrected chi connectivity index (χ0v) is 13.2. The van der Waals surface area contributed by atoms with Crippen LogP contribution in [0.25, 0.3) is 0 Å². The number of nitrogens with zero attached hydrogens (tertiary/aromatic N) is 1. The molecule has 120 valence electrons. The standard InChI is InChI=1S/C13H23N3O4S/c1-9(2)15-13(20)16-6-3-4-10(16)12(19)14-5-7-21-8-11(17)18/h9-10H,3-8H2,1-2H3,(H,14,19)(H,15,20)(H,17,18)/t10-/m0/s1. The Morgan fingerprint density at radius 3 is 2.71 bits per heavy atom. The number of hydrogen-bond acceptors (Lipinski definition) is 4. The first-order valence-corrected chi connectivity index (χ1v) is 8.21. The van der Waals surface area contributed by atoms with E-state index in [9.17, 15) is 14.4 Å². The van der Waals surface area contributed by atoms with E-state index in [2.05, 4.69) is 10.6 Å². The quantitative estimate of drug-likeness (QED) is 0.594. The van der Waals surface area contributed by atoms with Crippen molar-refractivity contribution in [3.8, 4) is 0 Å². The number of urea groups is 1. The van der Waals surface area contributed by atoms with Crippen molar-refractivity contribution in [2.75, 3.05) is 24.6 Å². The van der Waals surface area contributed by atoms with Crippen molar-refractivity contribution in [2.24, 2.45) is 0 Å². The molecule has 0 bridgehead atoms. The topological polar surface area (TPSA) is 98.7 Å². The van der Waals surface area contributed by atoms with Crippen LogP contribution in [0.4, 0.5) is 4.79 Å². The third-order valence-corrected chi connectivity index (χ3v) is 3.94. The lowest BCUT2D eigenvalue weighted by molar-refractivity contribution is -0.133. The first kappa shape index (κ1) is 17.6. The zero-order valence-electron chi connectivity index (χ0n) is 12.4. The summed E-state index contributed by atoms with van der Waals surface area (Å²) in [6.07, 6.45) is 1.48. The largest absolute Gasteiger partial charge is 0.481 e. The molecule has 8 heteroatoms. The lowest BCUT2D eigenvalue weighted by atomic mass is 10.2. The highest BCUT2D eigenvalue weighted by molar-refractivity contribution is 7.99. The SMILES string of the molecule is CC(C)NC(=O)N1CCC[C@H]1C(=O)NCCSCC(=O)O. The molecule has 0 unspecified atom stereocenters. The number of amides is 3. The summed E-state index contributed by atoms with van der Waals surface area (Å²) in [5.41, 5.74) is 0. The van der Waals surface area contributed by atoms with Crippen LogP contribution in [-0.4, -0.2) is 64.6 Å². The maximum atomic E-state index is 12.1. The zero-order chi connectivity index (χ0) is 15.8. The summed E-state index contributed by atoms with van der Waals surface area (Å²) in [6.45, 7) is 4.75. The third kappa shape index (κ3) is 6.24. The predicted octanol–water partition coefficient (Wildman–Crippen LogP) is 0.503. The number of aliphatic carboxylic acids is 1. The molecule has 1 heterocycles. The molecule has 0 aromatic rings. The molecule has 0 aromatic heterocycles. The number of carboxylic acid groups (broad SMARTS) is 1. The van der Waals surface area contributed by atoms with Crippen molar-refractivity contribution in [1.82, 2.24) is 15.5 Å². The predicted molar refractivity (Wildman–Crippen MR) is 81.4 cm³/mol. The number of carbonyl (C=O) groups is 3. The fourth-order valence-corrected chi connectivity index (χ4v) is 2.70. The fraction of sp³-hybridized carbons (Fsp3) is 0.769. The van der Waals surface area contributed by atoms with E-state index in [-0.39, 0.29) is 23.7 Å². The van der Waals surface area contributed by atoms with E-state index in [1.54, 1.807) is 4.90 Å². The van der Waals surface area contributed by atoms with Crippen LogP contribution < -0.4 is 10.6 Å². The molecule has 1 aliphatic heterocycles. The van der Waals surface area contributed by atoms with Crippen LogP contribution >= 0.6 is 11.8 Å². The van der Waals surface area contributed by atoms with Gasteiger partial charge in [0.05, 0.1) is 5.75 Å². The van der Waals surface area contributed by atoms with Crippen LogP contribution in [0.5, 0.6) is 0 Å². The molecule has 3 N–H and O–H groups in total. The first-order valence-electron chi connectivity index (χ1n) is 7.06. The molecule has 0 saturated carbocycles. The van der Waals surface area contributed by atoms with Crippen molar-refractivity contribution in [3.63, 3.8) is 0 Å². The highest BCUT2D eigenvalue weighted by Gasteiger charge is 2.33. The third-order valence-electron chi connectivity index (χ3n) is 3.00. The van der Waals surface area contributed by atoms with Gasteiger partial charge in [-0.05, 0) is 26.7 Å². The van der Waals surface area contributed by atoms with Gasteiger partial charge in [0.15, 0.2) is 0 Å². The van der Waals surface area contributed by atoms with Gasteiger partial charge in [-0.25, -0.2) is 4.79 Å². The summed E-state index contributed by atoms with van der Waals surface area (Å²) in [4.78, 5) is 36.0. The Kier molecular flexibility index (Phi) is 7.35. The van der Waals surface area contributed by atoms with Crippen LogP contribution in [0.1, 0.15) is 26.7 Å². The Labute approximate surface area is 128 Å². The highest BCUT2D eigenvalue weighted by atomic mass is 32.2. The van der Waals surface area contributed by atoms with E-state index in [0.29, 0.717) is 25.3 Å². The average molecular weight is 317 g/mol. The maximum absolute atomic E-state index is 12.1. The Morgan fingerprint density at radius 1 is 1.38 bits per heavy atom. The number of nitrogens with one attached hydrogen (secondary N) is 2. The van der Waals surface area contributed by atoms with Crippen LogP contribution in [0, 0.1) is 0 Å². The molecule has 1 aliphatic rings. The first-order chi connectivity index (χ1) is 9.91. The minimum Gasteiger partial charge on any atom is -0.481 e. The van der Waals surface area contributed by atoms with Gasteiger partial charge in [0.1, 0.15) is 6.04 Å². The summed E-state index contributed by atoms with van der Waals surface area (Å²) >= 11 is 1.25. The normalized spacial score (nSPS) is 17.9. The monoisotopic (exact) mass is 317 g/mol. The number of rotatable bonds is 7. The number of hydrogen-bond donors (Lipinski definition) is 3. The molecule has 0 aliphatic carbocycles. The molecule has 1 fully saturated rings. The van der Waals surface area contributed by atoms with Gasteiger partial charge in [-0.3, -0.25) is 9.59 Å². The summed E-state index contributed by atoms with van der Waals surface area (Å²) < 4.78 is 0. The average Bonchev–Trinajstić information content (AvgIpc) is 2.86. The molecular formula is C13H23N3O4S. The van der Waals surface area contributed by atoms with Gasteiger partial charge in [0.25, 0.3) is 0 Å². The highest BCUT2D eigenvalue weighted by Crippen LogP contribution is 2.17. The van der Waals surface area contributed by atoms with E-state index in [4.69, 9.17) is 5.11 Å². The van der Waals surface area contributed by atoms with Crippen molar-refractivity contribution < 1.29 is 19.5 Å². The Balaban J connectivity index is 2.34. The molecule has 1 rings (SSSR count). The van der Waals surface area contributed by atoms with Gasteiger partial charge in [0.2, 0.25) is 5.91 Å². The summed E-state index contributed by atoms with van der Waals surface area (Å²) in [5, 5.41) is 14.1. The summed E-state index contributed by atoms with van der Waals surface area (Å²) in [7, 11) is 0. The molecule has 3 amide bonds. The van der Waals surface area contributed by atoms with Gasteiger partial charge in [-0.2, -0.15) is 0 Å². The second kappa shape index (κ2) is 8.76. The van der Waals surface area contributed by atoms with Crippen molar-refractivity contribution >= 4 is 29.7 Å². The van der Waals surface area contributed by atoms with Gasteiger partial charge < -0.3 is 20.6 Å². The molecule has 1 saturated heterocycles. The Bertz CT molecular complexity index is 390. The van der Waals surface area contributed by atoms with Gasteiger partial charge >= 0.3 is 12.0 Å². The van der Waals surface area contributed by atoms with E-state index >= 15 is 0 Å². The Morgan fingerprint density at radius 2 is 2.10 bits per heavy atom. The smallest absolute Gasteiger partial charge is 0.318 e. The molecule has 0 aromatic carbocycles. The summed E-state index contributed by atoms with van der Waals surface area (Å²) in [5.74, 6) is -0.452. The molecule has 0 spiro atoms. The molecule has 0 radical (unpaired) electrons. The number of carbonyl (C=O) groups excluding carboxylic acids is 2. The number of carboxylic acids is 1. The second-order valence-corrected chi connectivity index (χ2v) is 6.30. The second-order valence-electron chi connectivity index (χ2n) is 5.19. The Hall–Kier alpha value is -1.44. The minimum atomic E-state index is -0.862. The van der Waals surface area contributed by atoms with E-state index in [1.165, 1.54) is 11.8 Å². The summed E-state index contributed by atoms with van der Waals surface area (Å²) in [6, 6.07) is -0.592. The van der Waals surface area contributed by atoms with Gasteiger partial charge in [-0.1, -0.05) is 0 Å². The van der Waals surface area contributed by atoms with Gasteiger partial charge in [-0.15, -0.1) is 11.8 Å². The maximum Gasteiger partial charge on any atom is 0.318 e. The number of thioether (sulfide) groups is 1.